The van der Waals surface area contributed by atoms with Crippen LogP contribution in [0.2, 0.25) is 0 Å². The highest BCUT2D eigenvalue weighted by Gasteiger charge is 2.12. The van der Waals surface area contributed by atoms with Crippen molar-refractivity contribution in [2.24, 2.45) is 0 Å². The minimum atomic E-state index is -0.350. The lowest BCUT2D eigenvalue weighted by Crippen LogP contribution is -2.14. The predicted molar refractivity (Wildman–Crippen MR) is 79.1 cm³/mol. The summed E-state index contributed by atoms with van der Waals surface area (Å²) in [7, 11) is 0. The van der Waals surface area contributed by atoms with Gasteiger partial charge in [0, 0.05) is 29.9 Å². The Bertz CT molecular complexity index is 580. The maximum absolute atomic E-state index is 11.0. The van der Waals surface area contributed by atoms with Crippen molar-refractivity contribution >= 4 is 23.4 Å². The SMILES string of the molecule is CC(=O)OC(C)n1ccnc1CSc1ccc(N)cc1. The van der Waals surface area contributed by atoms with Crippen LogP contribution in [0.1, 0.15) is 25.9 Å². The molecule has 6 heteroatoms. The number of imidazole rings is 1. The molecule has 0 aliphatic carbocycles. The van der Waals surface area contributed by atoms with Gasteiger partial charge in [0.25, 0.3) is 0 Å². The van der Waals surface area contributed by atoms with Crippen LogP contribution in [0.15, 0.2) is 41.6 Å². The molecule has 1 atom stereocenters. The van der Waals surface area contributed by atoms with E-state index in [2.05, 4.69) is 4.98 Å². The Morgan fingerprint density at radius 3 is 2.80 bits per heavy atom. The molecule has 0 saturated heterocycles. The molecule has 0 fully saturated rings. The monoisotopic (exact) mass is 291 g/mol. The number of hydrogen-bond donors (Lipinski definition) is 1. The summed E-state index contributed by atoms with van der Waals surface area (Å²) in [6.45, 7) is 3.22. The number of nitrogens with zero attached hydrogens (tertiary/aromatic N) is 2. The molecule has 0 radical (unpaired) electrons. The molecule has 1 unspecified atom stereocenters. The van der Waals surface area contributed by atoms with Gasteiger partial charge >= 0.3 is 5.97 Å². The van der Waals surface area contributed by atoms with Gasteiger partial charge in [0.2, 0.25) is 0 Å². The molecule has 5 nitrogen and oxygen atoms in total. The van der Waals surface area contributed by atoms with E-state index in [1.54, 1.807) is 18.0 Å². The van der Waals surface area contributed by atoms with E-state index in [1.165, 1.54) is 6.92 Å². The number of hydrogen-bond acceptors (Lipinski definition) is 5. The molecule has 0 bridgehead atoms. The van der Waals surface area contributed by atoms with Crippen LogP contribution in [0, 0.1) is 0 Å². The van der Waals surface area contributed by atoms with Crippen LogP contribution in [-0.2, 0) is 15.3 Å². The van der Waals surface area contributed by atoms with E-state index in [-0.39, 0.29) is 12.2 Å². The van der Waals surface area contributed by atoms with Crippen LogP contribution in [0.25, 0.3) is 0 Å². The van der Waals surface area contributed by atoms with Crippen molar-refractivity contribution in [3.63, 3.8) is 0 Å². The van der Waals surface area contributed by atoms with Crippen molar-refractivity contribution < 1.29 is 9.53 Å². The van der Waals surface area contributed by atoms with Gasteiger partial charge in [0.15, 0.2) is 6.23 Å². The quantitative estimate of drug-likeness (QED) is 0.521. The predicted octanol–water partition coefficient (Wildman–Crippen LogP) is 2.84. The molecule has 0 amide bonds. The first-order valence-electron chi connectivity index (χ1n) is 6.23. The number of rotatable bonds is 5. The number of carbonyl (C=O) groups is 1. The topological polar surface area (TPSA) is 70.1 Å². The number of anilines is 1. The molecular formula is C14H17N3O2S. The molecule has 1 aromatic heterocycles. The van der Waals surface area contributed by atoms with Crippen LogP contribution >= 0.6 is 11.8 Å². The summed E-state index contributed by atoms with van der Waals surface area (Å²) < 4.78 is 7.01. The van der Waals surface area contributed by atoms with E-state index in [4.69, 9.17) is 10.5 Å². The molecule has 2 rings (SSSR count). The average Bonchev–Trinajstić information content (AvgIpc) is 2.86. The standard InChI is InChI=1S/C14H17N3O2S/c1-10(19-11(2)18)17-8-7-16-14(17)9-20-13-5-3-12(15)4-6-13/h3-8,10H,9,15H2,1-2H3. The number of thioether (sulfide) groups is 1. The Kier molecular flexibility index (Phi) is 4.68. The lowest BCUT2D eigenvalue weighted by molar-refractivity contribution is -0.149. The second-order valence-corrected chi connectivity index (χ2v) is 5.37. The molecule has 0 aliphatic rings. The minimum absolute atomic E-state index is 0.302. The van der Waals surface area contributed by atoms with Crippen LogP contribution in [-0.4, -0.2) is 15.5 Å². The van der Waals surface area contributed by atoms with E-state index in [9.17, 15) is 4.79 Å². The summed E-state index contributed by atoms with van der Waals surface area (Å²) in [5.74, 6) is 1.26. The lowest BCUT2D eigenvalue weighted by Gasteiger charge is -2.16. The minimum Gasteiger partial charge on any atom is -0.442 e. The molecule has 20 heavy (non-hydrogen) atoms. The van der Waals surface area contributed by atoms with Crippen LogP contribution in [0.3, 0.4) is 0 Å². The maximum Gasteiger partial charge on any atom is 0.304 e. The number of aromatic nitrogens is 2. The van der Waals surface area contributed by atoms with Gasteiger partial charge in [-0.15, -0.1) is 11.8 Å². The van der Waals surface area contributed by atoms with Crippen molar-refractivity contribution in [1.29, 1.82) is 0 Å². The Hall–Kier alpha value is -1.95. The molecule has 2 aromatic rings. The smallest absolute Gasteiger partial charge is 0.304 e. The summed E-state index contributed by atoms with van der Waals surface area (Å²) in [6, 6.07) is 7.69. The summed E-state index contributed by atoms with van der Waals surface area (Å²) in [6.07, 6.45) is 3.17. The Balaban J connectivity index is 2.01. The van der Waals surface area contributed by atoms with E-state index in [1.807, 2.05) is 42.0 Å². The van der Waals surface area contributed by atoms with Crippen molar-refractivity contribution in [3.05, 3.63) is 42.5 Å². The van der Waals surface area contributed by atoms with Crippen LogP contribution in [0.4, 0.5) is 5.69 Å². The zero-order valence-corrected chi connectivity index (χ0v) is 12.3. The molecule has 0 spiro atoms. The highest BCUT2D eigenvalue weighted by Crippen LogP contribution is 2.24. The summed E-state index contributed by atoms with van der Waals surface area (Å²) >= 11 is 1.66. The van der Waals surface area contributed by atoms with E-state index >= 15 is 0 Å². The van der Waals surface area contributed by atoms with Crippen molar-refractivity contribution in [2.75, 3.05) is 5.73 Å². The third-order valence-electron chi connectivity index (χ3n) is 2.73. The molecular weight excluding hydrogens is 274 g/mol. The molecule has 1 aromatic carbocycles. The largest absolute Gasteiger partial charge is 0.442 e. The molecule has 1 heterocycles. The number of ether oxygens (including phenoxy) is 1. The summed E-state index contributed by atoms with van der Waals surface area (Å²) in [5, 5.41) is 0. The zero-order chi connectivity index (χ0) is 14.5. The molecule has 0 saturated carbocycles. The zero-order valence-electron chi connectivity index (χ0n) is 11.4. The van der Waals surface area contributed by atoms with Crippen molar-refractivity contribution in [3.8, 4) is 0 Å². The van der Waals surface area contributed by atoms with Crippen LogP contribution in [0.5, 0.6) is 0 Å². The van der Waals surface area contributed by atoms with Gasteiger partial charge in [-0.05, 0) is 31.2 Å². The second-order valence-electron chi connectivity index (χ2n) is 4.32. The fourth-order valence-corrected chi connectivity index (χ4v) is 2.64. The first-order valence-corrected chi connectivity index (χ1v) is 7.22. The Morgan fingerprint density at radius 2 is 2.15 bits per heavy atom. The highest BCUT2D eigenvalue weighted by atomic mass is 32.2. The van der Waals surface area contributed by atoms with Crippen molar-refractivity contribution in [1.82, 2.24) is 9.55 Å². The normalized spacial score (nSPS) is 12.1. The number of esters is 1. The van der Waals surface area contributed by atoms with Gasteiger partial charge in [-0.2, -0.15) is 0 Å². The number of benzene rings is 1. The Morgan fingerprint density at radius 1 is 1.45 bits per heavy atom. The van der Waals surface area contributed by atoms with E-state index in [0.29, 0.717) is 5.75 Å². The highest BCUT2D eigenvalue weighted by molar-refractivity contribution is 7.98. The van der Waals surface area contributed by atoms with Gasteiger partial charge in [-0.25, -0.2) is 4.98 Å². The second kappa shape index (κ2) is 6.47. The number of nitrogen functional groups attached to an aromatic ring is 1. The van der Waals surface area contributed by atoms with Gasteiger partial charge < -0.3 is 10.5 Å². The van der Waals surface area contributed by atoms with Gasteiger partial charge in [-0.3, -0.25) is 9.36 Å². The molecule has 0 aliphatic heterocycles. The summed E-state index contributed by atoms with van der Waals surface area (Å²) in [4.78, 5) is 16.4. The fraction of sp³-hybridized carbons (Fsp3) is 0.286. The summed E-state index contributed by atoms with van der Waals surface area (Å²) in [5.41, 5.74) is 6.40. The number of nitrogens with two attached hydrogens (primary N) is 1. The lowest BCUT2D eigenvalue weighted by atomic mass is 10.3. The van der Waals surface area contributed by atoms with E-state index < -0.39 is 0 Å². The Labute approximate surface area is 122 Å². The first kappa shape index (κ1) is 14.5. The molecule has 106 valence electrons. The third kappa shape index (κ3) is 3.77. The van der Waals surface area contributed by atoms with Gasteiger partial charge in [0.1, 0.15) is 5.82 Å². The number of carbonyl (C=O) groups excluding carboxylic acids is 1. The van der Waals surface area contributed by atoms with Crippen LogP contribution < -0.4 is 5.73 Å². The van der Waals surface area contributed by atoms with Gasteiger partial charge in [-0.1, -0.05) is 0 Å². The first-order chi connectivity index (χ1) is 9.56. The maximum atomic E-state index is 11.0. The molecule has 2 N–H and O–H groups in total. The van der Waals surface area contributed by atoms with Crippen molar-refractivity contribution in [2.45, 2.75) is 30.7 Å². The fourth-order valence-electron chi connectivity index (χ4n) is 1.80. The average molecular weight is 291 g/mol. The third-order valence-corrected chi connectivity index (χ3v) is 3.73. The van der Waals surface area contributed by atoms with E-state index in [0.717, 1.165) is 16.4 Å². The van der Waals surface area contributed by atoms with Gasteiger partial charge in [0.05, 0.1) is 5.75 Å².